The Morgan fingerprint density at radius 3 is 2.43 bits per heavy atom. The van der Waals surface area contributed by atoms with E-state index in [0.29, 0.717) is 24.2 Å². The summed E-state index contributed by atoms with van der Waals surface area (Å²) in [6, 6.07) is 7.64. The predicted octanol–water partition coefficient (Wildman–Crippen LogP) is 2.85. The molecule has 0 amide bonds. The number of benzene rings is 1. The quantitative estimate of drug-likeness (QED) is 0.235. The van der Waals surface area contributed by atoms with Crippen LogP contribution < -0.4 is 15.4 Å². The van der Waals surface area contributed by atoms with Gasteiger partial charge in [-0.2, -0.15) is 0 Å². The molecule has 1 aromatic rings. The number of sulfonamides is 1. The lowest BCUT2D eigenvalue weighted by molar-refractivity contribution is 0.292. The Hall–Kier alpha value is -1.07. The molecule has 0 fully saturated rings. The first-order valence-electron chi connectivity index (χ1n) is 9.54. The van der Waals surface area contributed by atoms with E-state index in [2.05, 4.69) is 46.0 Å². The zero-order chi connectivity index (χ0) is 20.3. The lowest BCUT2D eigenvalue weighted by atomic mass is 10.1. The Morgan fingerprint density at radius 1 is 1.21 bits per heavy atom. The van der Waals surface area contributed by atoms with E-state index in [1.807, 2.05) is 18.2 Å². The van der Waals surface area contributed by atoms with Crippen molar-refractivity contribution in [1.82, 2.24) is 15.5 Å². The fourth-order valence-electron chi connectivity index (χ4n) is 2.81. The van der Waals surface area contributed by atoms with Gasteiger partial charge in [0.1, 0.15) is 0 Å². The van der Waals surface area contributed by atoms with Crippen molar-refractivity contribution >= 4 is 45.6 Å². The zero-order valence-electron chi connectivity index (χ0n) is 17.7. The molecule has 7 nitrogen and oxygen atoms in total. The predicted molar refractivity (Wildman–Crippen MR) is 130 cm³/mol. The first-order chi connectivity index (χ1) is 12.8. The summed E-state index contributed by atoms with van der Waals surface area (Å²) in [5.74, 6) is 0.708. The average molecular weight is 526 g/mol. The summed E-state index contributed by atoms with van der Waals surface area (Å²) in [6.45, 7) is 10.3. The molecule has 0 aliphatic rings. The third-order valence-electron chi connectivity index (χ3n) is 4.37. The maximum absolute atomic E-state index is 11.5. The van der Waals surface area contributed by atoms with Gasteiger partial charge in [-0.15, -0.1) is 24.0 Å². The normalized spacial score (nSPS) is 13.0. The third-order valence-corrected chi connectivity index (χ3v) is 4.96. The lowest BCUT2D eigenvalue weighted by Crippen LogP contribution is -2.42. The molecule has 28 heavy (non-hydrogen) atoms. The minimum absolute atomic E-state index is 0. The molecule has 0 heterocycles. The number of aliphatic imine (C=N–C) groups is 1. The molecule has 1 unspecified atom stereocenters. The van der Waals surface area contributed by atoms with Crippen molar-refractivity contribution in [3.05, 3.63) is 29.8 Å². The van der Waals surface area contributed by atoms with Gasteiger partial charge in [0.05, 0.1) is 11.9 Å². The Kier molecular flexibility index (Phi) is 13.5. The highest BCUT2D eigenvalue weighted by Gasteiger charge is 2.09. The smallest absolute Gasteiger partial charge is 0.229 e. The fourth-order valence-corrected chi connectivity index (χ4v) is 3.41. The largest absolute Gasteiger partial charge is 0.354 e. The maximum atomic E-state index is 11.5. The van der Waals surface area contributed by atoms with E-state index in [0.717, 1.165) is 44.3 Å². The van der Waals surface area contributed by atoms with Crippen LogP contribution in [0.25, 0.3) is 0 Å². The first-order valence-corrected chi connectivity index (χ1v) is 11.4. The van der Waals surface area contributed by atoms with Crippen LogP contribution in [0.1, 0.15) is 39.2 Å². The molecule has 9 heteroatoms. The molecular formula is C19H36IN5O2S. The van der Waals surface area contributed by atoms with E-state index >= 15 is 0 Å². The molecule has 0 saturated carbocycles. The Morgan fingerprint density at radius 2 is 1.86 bits per heavy atom. The van der Waals surface area contributed by atoms with Crippen LogP contribution in [0.5, 0.6) is 0 Å². The molecular weight excluding hydrogens is 489 g/mol. The average Bonchev–Trinajstić information content (AvgIpc) is 2.62. The molecule has 3 N–H and O–H groups in total. The Bertz CT molecular complexity index is 693. The van der Waals surface area contributed by atoms with Gasteiger partial charge in [-0.25, -0.2) is 8.42 Å². The van der Waals surface area contributed by atoms with Gasteiger partial charge >= 0.3 is 0 Å². The van der Waals surface area contributed by atoms with Gasteiger partial charge in [-0.1, -0.05) is 32.0 Å². The summed E-state index contributed by atoms with van der Waals surface area (Å²) in [5, 5.41) is 6.65. The molecule has 1 atom stereocenters. The minimum atomic E-state index is -3.31. The number of rotatable bonds is 11. The van der Waals surface area contributed by atoms with Crippen molar-refractivity contribution in [2.75, 3.05) is 37.7 Å². The molecule has 0 saturated heterocycles. The lowest BCUT2D eigenvalue weighted by Gasteiger charge is -2.21. The number of hydrogen-bond acceptors (Lipinski definition) is 4. The topological polar surface area (TPSA) is 85.8 Å². The molecule has 0 aromatic heterocycles. The van der Waals surface area contributed by atoms with E-state index in [9.17, 15) is 8.42 Å². The monoisotopic (exact) mass is 525 g/mol. The van der Waals surface area contributed by atoms with Crippen molar-refractivity contribution in [3.63, 3.8) is 0 Å². The highest BCUT2D eigenvalue weighted by Crippen LogP contribution is 2.15. The van der Waals surface area contributed by atoms with Crippen molar-refractivity contribution in [2.24, 2.45) is 4.99 Å². The van der Waals surface area contributed by atoms with Crippen molar-refractivity contribution in [2.45, 2.75) is 46.2 Å². The van der Waals surface area contributed by atoms with Crippen molar-refractivity contribution in [3.8, 4) is 0 Å². The van der Waals surface area contributed by atoms with Crippen LogP contribution in [-0.2, 0) is 16.6 Å². The van der Waals surface area contributed by atoms with Gasteiger partial charge < -0.3 is 15.5 Å². The summed E-state index contributed by atoms with van der Waals surface area (Å²) in [6.07, 6.45) is 3.34. The van der Waals surface area contributed by atoms with Gasteiger partial charge in [0.25, 0.3) is 0 Å². The van der Waals surface area contributed by atoms with Crippen LogP contribution in [0.3, 0.4) is 0 Å². The Balaban J connectivity index is 0.00000729. The molecule has 0 radical (unpaired) electrons. The van der Waals surface area contributed by atoms with Gasteiger partial charge in [0.15, 0.2) is 5.96 Å². The summed E-state index contributed by atoms with van der Waals surface area (Å²) < 4.78 is 25.6. The van der Waals surface area contributed by atoms with Crippen LogP contribution in [0.4, 0.5) is 5.69 Å². The van der Waals surface area contributed by atoms with Crippen LogP contribution in [0.15, 0.2) is 29.3 Å². The number of nitrogens with zero attached hydrogens (tertiary/aromatic N) is 2. The minimum Gasteiger partial charge on any atom is -0.354 e. The number of para-hydroxylation sites is 1. The van der Waals surface area contributed by atoms with Crippen molar-refractivity contribution < 1.29 is 8.42 Å². The highest BCUT2D eigenvalue weighted by atomic mass is 127. The molecule has 0 aliphatic carbocycles. The second-order valence-electron chi connectivity index (χ2n) is 6.67. The van der Waals surface area contributed by atoms with Gasteiger partial charge in [-0.05, 0) is 51.0 Å². The number of halogens is 1. The summed E-state index contributed by atoms with van der Waals surface area (Å²) in [4.78, 5) is 6.69. The molecule has 0 aliphatic heterocycles. The number of anilines is 1. The fraction of sp³-hybridized carbons (Fsp3) is 0.632. The second kappa shape index (κ2) is 14.0. The van der Waals surface area contributed by atoms with Crippen molar-refractivity contribution in [1.29, 1.82) is 0 Å². The molecule has 0 spiro atoms. The van der Waals surface area contributed by atoms with E-state index in [-0.39, 0.29) is 24.0 Å². The number of nitrogens with one attached hydrogen (secondary N) is 3. The first kappa shape index (κ1) is 26.9. The number of guanidine groups is 1. The van der Waals surface area contributed by atoms with Gasteiger partial charge in [0.2, 0.25) is 10.0 Å². The van der Waals surface area contributed by atoms with Gasteiger partial charge in [-0.3, -0.25) is 9.71 Å². The SMILES string of the molecule is CCN(CC)CCCC(C)NC(=NC)NCc1ccccc1NS(C)(=O)=O.I. The third kappa shape index (κ3) is 11.1. The molecule has 0 bridgehead atoms. The standard InChI is InChI=1S/C19H35N5O2S.HI/c1-6-24(7-2)14-10-11-16(3)22-19(20-4)21-15-17-12-8-9-13-18(17)23-27(5,25)26;/h8-9,12-13,16,23H,6-7,10-11,14-15H2,1-5H3,(H2,20,21,22);1H. The number of hydrogen-bond donors (Lipinski definition) is 3. The summed E-state index contributed by atoms with van der Waals surface area (Å²) in [7, 11) is -1.58. The second-order valence-corrected chi connectivity index (χ2v) is 8.42. The summed E-state index contributed by atoms with van der Waals surface area (Å²) >= 11 is 0. The maximum Gasteiger partial charge on any atom is 0.229 e. The van der Waals surface area contributed by atoms with E-state index in [1.165, 1.54) is 0 Å². The van der Waals surface area contributed by atoms with E-state index in [1.54, 1.807) is 13.1 Å². The Labute approximate surface area is 187 Å². The highest BCUT2D eigenvalue weighted by molar-refractivity contribution is 14.0. The van der Waals surface area contributed by atoms with E-state index < -0.39 is 10.0 Å². The van der Waals surface area contributed by atoms with E-state index in [4.69, 9.17) is 0 Å². The van der Waals surface area contributed by atoms with Gasteiger partial charge in [0, 0.05) is 19.6 Å². The van der Waals surface area contributed by atoms with Crippen LogP contribution in [0, 0.1) is 0 Å². The van der Waals surface area contributed by atoms with Crippen LogP contribution in [0.2, 0.25) is 0 Å². The molecule has 1 rings (SSSR count). The molecule has 162 valence electrons. The van der Waals surface area contributed by atoms with Crippen LogP contribution in [-0.4, -0.2) is 58.3 Å². The summed E-state index contributed by atoms with van der Waals surface area (Å²) in [5.41, 5.74) is 1.44. The zero-order valence-corrected chi connectivity index (χ0v) is 20.8. The molecule has 1 aromatic carbocycles. The van der Waals surface area contributed by atoms with Crippen LogP contribution >= 0.6 is 24.0 Å².